The topological polar surface area (TPSA) is 75.4 Å². The largest absolute Gasteiger partial charge is 0.506 e. The van der Waals surface area contributed by atoms with Gasteiger partial charge in [0.05, 0.1) is 16.7 Å². The lowest BCUT2D eigenvalue weighted by Crippen LogP contribution is -2.18. The van der Waals surface area contributed by atoms with E-state index < -0.39 is 4.92 Å². The summed E-state index contributed by atoms with van der Waals surface area (Å²) in [7, 11) is 0. The summed E-state index contributed by atoms with van der Waals surface area (Å²) in [6, 6.07) is 23.0. The van der Waals surface area contributed by atoms with Crippen LogP contribution in [0.2, 0.25) is 0 Å². The normalized spacial score (nSPS) is 12.7. The fraction of sp³-hybridized carbons (Fsp3) is 0.0909. The molecule has 3 aromatic carbocycles. The Kier molecular flexibility index (Phi) is 5.52. The molecule has 0 unspecified atom stereocenters. The third kappa shape index (κ3) is 4.15. The first-order valence-corrected chi connectivity index (χ1v) is 8.56. The molecule has 0 aliphatic heterocycles. The van der Waals surface area contributed by atoms with Crippen molar-refractivity contribution in [1.82, 2.24) is 0 Å². The Balaban J connectivity index is 2.05. The second kappa shape index (κ2) is 8.19. The minimum Gasteiger partial charge on any atom is -0.506 e. The Labute approximate surface area is 157 Å². The van der Waals surface area contributed by atoms with E-state index in [2.05, 4.69) is 11.9 Å². The molecule has 3 aromatic rings. The van der Waals surface area contributed by atoms with E-state index in [0.717, 1.165) is 11.1 Å². The van der Waals surface area contributed by atoms with Crippen LogP contribution in [0.25, 0.3) is 0 Å². The van der Waals surface area contributed by atoms with Gasteiger partial charge in [-0.1, -0.05) is 60.7 Å². The second-order valence-corrected chi connectivity index (χ2v) is 6.16. The van der Waals surface area contributed by atoms with E-state index >= 15 is 0 Å². The van der Waals surface area contributed by atoms with Crippen molar-refractivity contribution in [2.45, 2.75) is 12.0 Å². The lowest BCUT2D eigenvalue weighted by Gasteiger charge is -2.28. The van der Waals surface area contributed by atoms with Crippen molar-refractivity contribution in [3.05, 3.63) is 113 Å². The van der Waals surface area contributed by atoms with Crippen LogP contribution < -0.4 is 5.32 Å². The molecule has 0 bridgehead atoms. The number of phenolic OH excluding ortho intramolecular Hbond substituents is 1. The van der Waals surface area contributed by atoms with Crippen LogP contribution >= 0.6 is 0 Å². The minimum atomic E-state index is -0.405. The maximum atomic E-state index is 11.2. The molecule has 5 nitrogen and oxygen atoms in total. The summed E-state index contributed by atoms with van der Waals surface area (Å²) in [5.41, 5.74) is 2.38. The molecule has 0 aliphatic carbocycles. The van der Waals surface area contributed by atoms with Crippen molar-refractivity contribution in [3.63, 3.8) is 0 Å². The SMILES string of the molecule is C=C[C@H](c1cccc([N+](=O)[O-])c1)[C@@H](Nc1ccccc1O)c1ccccc1. The zero-order valence-electron chi connectivity index (χ0n) is 14.7. The number of non-ortho nitro benzene ring substituents is 1. The smallest absolute Gasteiger partial charge is 0.269 e. The predicted octanol–water partition coefficient (Wildman–Crippen LogP) is 5.42. The maximum Gasteiger partial charge on any atom is 0.269 e. The highest BCUT2D eigenvalue weighted by Gasteiger charge is 2.24. The van der Waals surface area contributed by atoms with E-state index in [1.165, 1.54) is 6.07 Å². The fourth-order valence-electron chi connectivity index (χ4n) is 3.11. The first kappa shape index (κ1) is 18.2. The van der Waals surface area contributed by atoms with E-state index in [1.807, 2.05) is 42.5 Å². The van der Waals surface area contributed by atoms with E-state index in [4.69, 9.17) is 0 Å². The number of nitrogens with one attached hydrogen (secondary N) is 1. The zero-order valence-corrected chi connectivity index (χ0v) is 14.7. The van der Waals surface area contributed by atoms with Crippen molar-refractivity contribution >= 4 is 11.4 Å². The fourth-order valence-corrected chi connectivity index (χ4v) is 3.11. The lowest BCUT2D eigenvalue weighted by atomic mass is 9.86. The summed E-state index contributed by atoms with van der Waals surface area (Å²) in [5.74, 6) is -0.104. The van der Waals surface area contributed by atoms with Crippen LogP contribution in [0, 0.1) is 10.1 Å². The Morgan fingerprint density at radius 1 is 0.963 bits per heavy atom. The van der Waals surface area contributed by atoms with Crippen LogP contribution in [0.4, 0.5) is 11.4 Å². The van der Waals surface area contributed by atoms with Crippen LogP contribution in [0.5, 0.6) is 5.75 Å². The van der Waals surface area contributed by atoms with Gasteiger partial charge in [0.2, 0.25) is 0 Å². The summed E-state index contributed by atoms with van der Waals surface area (Å²) in [6.07, 6.45) is 1.77. The number of para-hydroxylation sites is 2. The number of nitro groups is 1. The van der Waals surface area contributed by atoms with Crippen LogP contribution in [0.1, 0.15) is 23.1 Å². The highest BCUT2D eigenvalue weighted by Crippen LogP contribution is 2.37. The Morgan fingerprint density at radius 3 is 2.30 bits per heavy atom. The minimum absolute atomic E-state index is 0.0359. The molecule has 0 radical (unpaired) electrons. The molecular weight excluding hydrogens is 340 g/mol. The van der Waals surface area contributed by atoms with Crippen molar-refractivity contribution in [2.75, 3.05) is 5.32 Å². The molecule has 0 heterocycles. The van der Waals surface area contributed by atoms with Gasteiger partial charge in [-0.3, -0.25) is 10.1 Å². The maximum absolute atomic E-state index is 11.2. The van der Waals surface area contributed by atoms with E-state index in [1.54, 1.807) is 36.4 Å². The predicted molar refractivity (Wildman–Crippen MR) is 107 cm³/mol. The number of hydrogen-bond donors (Lipinski definition) is 2. The Hall–Kier alpha value is -3.60. The van der Waals surface area contributed by atoms with Gasteiger partial charge in [-0.15, -0.1) is 6.58 Å². The molecule has 136 valence electrons. The molecule has 3 rings (SSSR count). The third-order valence-corrected chi connectivity index (χ3v) is 4.45. The molecule has 2 atom stereocenters. The number of hydrogen-bond acceptors (Lipinski definition) is 4. The van der Waals surface area contributed by atoms with Gasteiger partial charge in [-0.05, 0) is 23.3 Å². The summed E-state index contributed by atoms with van der Waals surface area (Å²) >= 11 is 0. The molecule has 27 heavy (non-hydrogen) atoms. The number of aromatic hydroxyl groups is 1. The van der Waals surface area contributed by atoms with Crippen molar-refractivity contribution in [1.29, 1.82) is 0 Å². The molecule has 0 saturated heterocycles. The quantitative estimate of drug-likeness (QED) is 0.255. The van der Waals surface area contributed by atoms with Gasteiger partial charge >= 0.3 is 0 Å². The standard InChI is InChI=1S/C22H20N2O3/c1-2-19(17-11-8-12-18(15-17)24(26)27)22(16-9-4-3-5-10-16)23-20-13-6-7-14-21(20)25/h2-15,19,22-23,25H,1H2/t19-,22+/m1/s1. The zero-order chi connectivity index (χ0) is 19.2. The Morgan fingerprint density at radius 2 is 1.63 bits per heavy atom. The monoisotopic (exact) mass is 360 g/mol. The van der Waals surface area contributed by atoms with E-state index in [9.17, 15) is 15.2 Å². The first-order chi connectivity index (χ1) is 13.1. The van der Waals surface area contributed by atoms with Crippen molar-refractivity contribution in [3.8, 4) is 5.75 Å². The van der Waals surface area contributed by atoms with Gasteiger partial charge in [-0.2, -0.15) is 0 Å². The average molecular weight is 360 g/mol. The van der Waals surface area contributed by atoms with Crippen molar-refractivity contribution < 1.29 is 10.0 Å². The van der Waals surface area contributed by atoms with Gasteiger partial charge < -0.3 is 10.4 Å². The first-order valence-electron chi connectivity index (χ1n) is 8.56. The summed E-state index contributed by atoms with van der Waals surface area (Å²) < 4.78 is 0. The summed E-state index contributed by atoms with van der Waals surface area (Å²) in [6.45, 7) is 3.95. The van der Waals surface area contributed by atoms with E-state index in [-0.39, 0.29) is 23.4 Å². The third-order valence-electron chi connectivity index (χ3n) is 4.45. The van der Waals surface area contributed by atoms with Crippen LogP contribution in [0.3, 0.4) is 0 Å². The van der Waals surface area contributed by atoms with Crippen LogP contribution in [-0.2, 0) is 0 Å². The molecule has 0 fully saturated rings. The van der Waals surface area contributed by atoms with Crippen LogP contribution in [0.15, 0.2) is 91.5 Å². The molecule has 0 saturated carbocycles. The Bertz CT molecular complexity index is 941. The van der Waals surface area contributed by atoms with Gasteiger partial charge in [0, 0.05) is 18.1 Å². The van der Waals surface area contributed by atoms with Gasteiger partial charge in [-0.25, -0.2) is 0 Å². The number of benzene rings is 3. The second-order valence-electron chi connectivity index (χ2n) is 6.16. The number of nitro benzene ring substituents is 1. The number of rotatable bonds is 7. The number of phenols is 1. The number of nitrogens with zero attached hydrogens (tertiary/aromatic N) is 1. The average Bonchev–Trinajstić information content (AvgIpc) is 2.70. The molecular formula is C22H20N2O3. The highest BCUT2D eigenvalue weighted by atomic mass is 16.6. The van der Waals surface area contributed by atoms with Crippen LogP contribution in [-0.4, -0.2) is 10.0 Å². The molecule has 0 amide bonds. The van der Waals surface area contributed by atoms with Gasteiger partial charge in [0.1, 0.15) is 5.75 Å². The number of anilines is 1. The van der Waals surface area contributed by atoms with Gasteiger partial charge in [0.25, 0.3) is 5.69 Å². The molecule has 0 aliphatic rings. The highest BCUT2D eigenvalue weighted by molar-refractivity contribution is 5.57. The van der Waals surface area contributed by atoms with E-state index in [0.29, 0.717) is 5.69 Å². The molecule has 2 N–H and O–H groups in total. The molecule has 0 spiro atoms. The molecule has 0 aromatic heterocycles. The summed E-state index contributed by atoms with van der Waals surface area (Å²) in [5, 5.41) is 24.7. The lowest BCUT2D eigenvalue weighted by molar-refractivity contribution is -0.384. The summed E-state index contributed by atoms with van der Waals surface area (Å²) in [4.78, 5) is 10.8. The van der Waals surface area contributed by atoms with Crippen molar-refractivity contribution in [2.24, 2.45) is 0 Å². The van der Waals surface area contributed by atoms with Gasteiger partial charge in [0.15, 0.2) is 0 Å². The molecule has 5 heteroatoms.